The van der Waals surface area contributed by atoms with Gasteiger partial charge in [0, 0.05) is 35.7 Å². The fourth-order valence-corrected chi connectivity index (χ4v) is 5.70. The van der Waals surface area contributed by atoms with Gasteiger partial charge in [0.1, 0.15) is 5.75 Å². The number of rotatable bonds is 9. The number of fused-ring (bicyclic) bond motifs is 1. The third kappa shape index (κ3) is 5.26. The zero-order valence-corrected chi connectivity index (χ0v) is 20.8. The normalized spacial score (nSPS) is 20.0. The maximum absolute atomic E-state index is 13.1. The average molecular weight is 481 g/mol. The lowest BCUT2D eigenvalue weighted by Crippen LogP contribution is -2.41. The Kier molecular flexibility index (Phi) is 7.43. The Hall–Kier alpha value is -2.78. The molecule has 35 heavy (non-hydrogen) atoms. The molecule has 5 rings (SSSR count). The van der Waals surface area contributed by atoms with Gasteiger partial charge in [-0.25, -0.2) is 4.68 Å². The summed E-state index contributed by atoms with van der Waals surface area (Å²) >= 11 is 0. The summed E-state index contributed by atoms with van der Waals surface area (Å²) < 4.78 is 13.2. The van der Waals surface area contributed by atoms with Crippen molar-refractivity contribution in [2.45, 2.75) is 89.6 Å². The standard InChI is InChI=1S/C26H36N6O3/c1-3-24(25-28-29-30-32(25)17-22-10-7-13-35-22)31(20-8-5-4-6-9-20)16-19-14-18-15-21(34-2)11-12-23(18)27-26(19)33/h11-12,14-15,20,22,24H,3-10,13,16-17H2,1-2H3,(H,27,33)/t22-,24-/m1/s1. The molecule has 2 fully saturated rings. The van der Waals surface area contributed by atoms with Crippen molar-refractivity contribution < 1.29 is 9.47 Å². The number of ether oxygens (including phenoxy) is 2. The Bertz CT molecular complexity index is 1180. The lowest BCUT2D eigenvalue weighted by atomic mass is 9.92. The van der Waals surface area contributed by atoms with Crippen LogP contribution in [0, 0.1) is 0 Å². The quantitative estimate of drug-likeness (QED) is 0.494. The van der Waals surface area contributed by atoms with Gasteiger partial charge in [-0.15, -0.1) is 5.10 Å². The zero-order valence-electron chi connectivity index (χ0n) is 20.8. The lowest BCUT2D eigenvalue weighted by molar-refractivity contribution is 0.0734. The molecule has 9 nitrogen and oxygen atoms in total. The molecule has 3 aromatic rings. The monoisotopic (exact) mass is 480 g/mol. The fourth-order valence-electron chi connectivity index (χ4n) is 5.70. The van der Waals surface area contributed by atoms with E-state index >= 15 is 0 Å². The van der Waals surface area contributed by atoms with Gasteiger partial charge in [-0.2, -0.15) is 0 Å². The molecule has 1 saturated heterocycles. The van der Waals surface area contributed by atoms with E-state index in [4.69, 9.17) is 9.47 Å². The van der Waals surface area contributed by atoms with Crippen LogP contribution in [0.2, 0.25) is 0 Å². The van der Waals surface area contributed by atoms with E-state index in [1.165, 1.54) is 19.3 Å². The van der Waals surface area contributed by atoms with E-state index in [1.54, 1.807) is 7.11 Å². The fraction of sp³-hybridized carbons (Fsp3) is 0.615. The molecule has 0 amide bonds. The predicted molar refractivity (Wildman–Crippen MR) is 133 cm³/mol. The van der Waals surface area contributed by atoms with E-state index in [9.17, 15) is 4.79 Å². The Morgan fingerprint density at radius 1 is 1.20 bits per heavy atom. The van der Waals surface area contributed by atoms with E-state index in [0.29, 0.717) is 19.1 Å². The number of hydrogen-bond acceptors (Lipinski definition) is 7. The largest absolute Gasteiger partial charge is 0.497 e. The van der Waals surface area contributed by atoms with Crippen molar-refractivity contribution in [2.24, 2.45) is 0 Å². The van der Waals surface area contributed by atoms with Crippen molar-refractivity contribution in [1.29, 1.82) is 0 Å². The number of tetrazole rings is 1. The number of aromatic nitrogens is 5. The first-order valence-corrected chi connectivity index (χ1v) is 13.0. The van der Waals surface area contributed by atoms with Crippen LogP contribution in [0.25, 0.3) is 10.9 Å². The summed E-state index contributed by atoms with van der Waals surface area (Å²) in [6.45, 7) is 4.22. The van der Waals surface area contributed by atoms with Crippen molar-refractivity contribution in [2.75, 3.05) is 13.7 Å². The first-order valence-electron chi connectivity index (χ1n) is 13.0. The van der Waals surface area contributed by atoms with Crippen LogP contribution in [-0.2, 0) is 17.8 Å². The number of benzene rings is 1. The van der Waals surface area contributed by atoms with Crippen LogP contribution < -0.4 is 10.3 Å². The molecule has 1 aliphatic heterocycles. The number of H-pyrrole nitrogens is 1. The number of nitrogens with zero attached hydrogens (tertiary/aromatic N) is 5. The second-order valence-corrected chi connectivity index (χ2v) is 9.82. The van der Waals surface area contributed by atoms with Crippen LogP contribution >= 0.6 is 0 Å². The molecule has 0 bridgehead atoms. The molecule has 0 radical (unpaired) electrons. The van der Waals surface area contributed by atoms with Crippen molar-refractivity contribution >= 4 is 10.9 Å². The van der Waals surface area contributed by atoms with Crippen LogP contribution in [0.15, 0.2) is 29.1 Å². The summed E-state index contributed by atoms with van der Waals surface area (Å²) in [6, 6.07) is 8.16. The van der Waals surface area contributed by atoms with Gasteiger partial charge in [-0.05, 0) is 66.8 Å². The molecule has 9 heteroatoms. The van der Waals surface area contributed by atoms with Crippen molar-refractivity contribution in [1.82, 2.24) is 30.1 Å². The second kappa shape index (κ2) is 10.9. The van der Waals surface area contributed by atoms with Crippen LogP contribution in [0.5, 0.6) is 5.75 Å². The highest BCUT2D eigenvalue weighted by Crippen LogP contribution is 2.33. The zero-order chi connectivity index (χ0) is 24.2. The van der Waals surface area contributed by atoms with Crippen LogP contribution in [0.4, 0.5) is 0 Å². The first-order chi connectivity index (χ1) is 17.2. The number of aromatic amines is 1. The third-order valence-electron chi connectivity index (χ3n) is 7.57. The topological polar surface area (TPSA) is 98.2 Å². The molecular formula is C26H36N6O3. The molecule has 1 aromatic carbocycles. The maximum Gasteiger partial charge on any atom is 0.252 e. The molecule has 1 N–H and O–H groups in total. The van der Waals surface area contributed by atoms with Gasteiger partial charge in [0.25, 0.3) is 5.56 Å². The summed E-state index contributed by atoms with van der Waals surface area (Å²) in [5.74, 6) is 1.65. The highest BCUT2D eigenvalue weighted by Gasteiger charge is 2.32. The van der Waals surface area contributed by atoms with Gasteiger partial charge < -0.3 is 14.5 Å². The molecule has 1 aliphatic carbocycles. The summed E-state index contributed by atoms with van der Waals surface area (Å²) in [5, 5.41) is 13.8. The first kappa shape index (κ1) is 23.9. The summed E-state index contributed by atoms with van der Waals surface area (Å²) in [6.07, 6.45) is 9.10. The second-order valence-electron chi connectivity index (χ2n) is 9.82. The van der Waals surface area contributed by atoms with Crippen molar-refractivity contribution in [3.05, 3.63) is 46.0 Å². The summed E-state index contributed by atoms with van der Waals surface area (Å²) in [4.78, 5) is 18.7. The maximum atomic E-state index is 13.1. The highest BCUT2D eigenvalue weighted by molar-refractivity contribution is 5.80. The smallest absolute Gasteiger partial charge is 0.252 e. The SMILES string of the molecule is CC[C@H](c1nnnn1C[C@H]1CCCO1)N(Cc1cc2cc(OC)ccc2[nH]c1=O)C1CCCCC1. The lowest BCUT2D eigenvalue weighted by Gasteiger charge is -2.39. The predicted octanol–water partition coefficient (Wildman–Crippen LogP) is 3.99. The molecule has 0 unspecified atom stereocenters. The molecule has 3 heterocycles. The molecular weight excluding hydrogens is 444 g/mol. The van der Waals surface area contributed by atoms with Gasteiger partial charge in [-0.1, -0.05) is 26.2 Å². The van der Waals surface area contributed by atoms with E-state index < -0.39 is 0 Å². The summed E-state index contributed by atoms with van der Waals surface area (Å²) in [5.41, 5.74) is 1.53. The Morgan fingerprint density at radius 3 is 2.80 bits per heavy atom. The highest BCUT2D eigenvalue weighted by atomic mass is 16.5. The number of nitrogens with one attached hydrogen (secondary N) is 1. The number of methoxy groups -OCH3 is 1. The van der Waals surface area contributed by atoms with E-state index in [-0.39, 0.29) is 17.7 Å². The van der Waals surface area contributed by atoms with Crippen molar-refractivity contribution in [3.8, 4) is 5.75 Å². The van der Waals surface area contributed by atoms with Gasteiger partial charge in [0.15, 0.2) is 5.82 Å². The molecule has 188 valence electrons. The minimum atomic E-state index is -0.0442. The van der Waals surface area contributed by atoms with Gasteiger partial charge in [-0.3, -0.25) is 9.69 Å². The molecule has 2 atom stereocenters. The average Bonchev–Trinajstić information content (AvgIpc) is 3.57. The van der Waals surface area contributed by atoms with E-state index in [2.05, 4.69) is 32.3 Å². The van der Waals surface area contributed by atoms with Gasteiger partial charge >= 0.3 is 0 Å². The molecule has 2 aliphatic rings. The Morgan fingerprint density at radius 2 is 2.06 bits per heavy atom. The van der Waals surface area contributed by atoms with Gasteiger partial charge in [0.05, 0.1) is 25.8 Å². The van der Waals surface area contributed by atoms with Crippen LogP contribution in [-0.4, -0.2) is 56.0 Å². The number of pyridine rings is 1. The minimum absolute atomic E-state index is 0.0231. The Labute approximate surface area is 205 Å². The molecule has 2 aromatic heterocycles. The van der Waals surface area contributed by atoms with Crippen LogP contribution in [0.3, 0.4) is 0 Å². The summed E-state index contributed by atoms with van der Waals surface area (Å²) in [7, 11) is 1.66. The van der Waals surface area contributed by atoms with Gasteiger partial charge in [0.2, 0.25) is 0 Å². The molecule has 1 saturated carbocycles. The molecule has 0 spiro atoms. The third-order valence-corrected chi connectivity index (χ3v) is 7.57. The van der Waals surface area contributed by atoms with E-state index in [0.717, 1.165) is 66.8 Å². The van der Waals surface area contributed by atoms with Crippen molar-refractivity contribution in [3.63, 3.8) is 0 Å². The number of hydrogen-bond donors (Lipinski definition) is 1. The van der Waals surface area contributed by atoms with E-state index in [1.807, 2.05) is 28.9 Å². The van der Waals surface area contributed by atoms with Crippen LogP contribution in [0.1, 0.15) is 75.7 Å². The Balaban J connectivity index is 1.48. The minimum Gasteiger partial charge on any atom is -0.497 e.